The summed E-state index contributed by atoms with van der Waals surface area (Å²) in [5, 5.41) is 11.1. The summed E-state index contributed by atoms with van der Waals surface area (Å²) in [5.74, 6) is 1.48. The molecule has 0 aliphatic rings. The van der Waals surface area contributed by atoms with E-state index in [0.29, 0.717) is 23.9 Å². The molecule has 2 aromatic carbocycles. The zero-order valence-electron chi connectivity index (χ0n) is 18.3. The summed E-state index contributed by atoms with van der Waals surface area (Å²) in [6, 6.07) is 16.6. The van der Waals surface area contributed by atoms with Crippen LogP contribution in [0.25, 0.3) is 5.69 Å². The van der Waals surface area contributed by atoms with Crippen molar-refractivity contribution in [3.8, 4) is 11.4 Å². The Morgan fingerprint density at radius 2 is 1.75 bits per heavy atom. The van der Waals surface area contributed by atoms with Crippen LogP contribution in [0.15, 0.2) is 70.7 Å². The third-order valence-electron chi connectivity index (χ3n) is 4.70. The van der Waals surface area contributed by atoms with Gasteiger partial charge < -0.3 is 15.4 Å². The lowest BCUT2D eigenvalue weighted by molar-refractivity contribution is 0.414. The molecule has 0 unspecified atom stereocenters. The van der Waals surface area contributed by atoms with Gasteiger partial charge in [0.25, 0.3) is 0 Å². The number of hydrogen-bond donors (Lipinski definition) is 2. The van der Waals surface area contributed by atoms with Crippen molar-refractivity contribution in [2.45, 2.75) is 17.9 Å². The van der Waals surface area contributed by atoms with Gasteiger partial charge in [0.15, 0.2) is 15.8 Å². The van der Waals surface area contributed by atoms with Gasteiger partial charge in [0.1, 0.15) is 5.75 Å². The van der Waals surface area contributed by atoms with Crippen molar-refractivity contribution in [1.82, 2.24) is 20.4 Å². The Morgan fingerprint density at radius 3 is 2.34 bits per heavy atom. The molecule has 0 saturated heterocycles. The van der Waals surface area contributed by atoms with Gasteiger partial charge in [0.05, 0.1) is 29.9 Å². The number of aliphatic imine (C=N–C) groups is 1. The van der Waals surface area contributed by atoms with E-state index in [9.17, 15) is 8.42 Å². The van der Waals surface area contributed by atoms with Crippen molar-refractivity contribution in [3.63, 3.8) is 0 Å². The molecule has 0 aliphatic carbocycles. The third kappa shape index (κ3) is 7.23. The molecule has 0 amide bonds. The molecule has 10 heteroatoms. The monoisotopic (exact) mass is 569 g/mol. The van der Waals surface area contributed by atoms with E-state index in [1.54, 1.807) is 26.3 Å². The highest BCUT2D eigenvalue weighted by atomic mass is 127. The van der Waals surface area contributed by atoms with Crippen LogP contribution in [0.1, 0.15) is 11.3 Å². The van der Waals surface area contributed by atoms with Crippen LogP contribution in [0.5, 0.6) is 5.75 Å². The molecule has 0 spiro atoms. The SMILES string of the molecule is CN=C(NCCc1ccc(S(C)(=O)=O)cc1)NCc1ccn(-c2ccc(OC)cc2)n1.I. The third-order valence-corrected chi connectivity index (χ3v) is 5.83. The summed E-state index contributed by atoms with van der Waals surface area (Å²) in [7, 11) is 0.187. The van der Waals surface area contributed by atoms with Crippen molar-refractivity contribution in [3.05, 3.63) is 72.1 Å². The molecule has 0 fully saturated rings. The molecule has 0 aliphatic heterocycles. The van der Waals surface area contributed by atoms with Crippen LogP contribution in [0.3, 0.4) is 0 Å². The Balaban J connectivity index is 0.00000363. The molecule has 1 aromatic heterocycles. The molecular formula is C22H28IN5O3S. The number of aromatic nitrogens is 2. The maximum Gasteiger partial charge on any atom is 0.191 e. The molecule has 3 rings (SSSR count). The average Bonchev–Trinajstić information content (AvgIpc) is 3.25. The van der Waals surface area contributed by atoms with Crippen LogP contribution in [0.2, 0.25) is 0 Å². The first-order chi connectivity index (χ1) is 14.9. The quantitative estimate of drug-likeness (QED) is 0.246. The second kappa shape index (κ2) is 11.9. The van der Waals surface area contributed by atoms with Gasteiger partial charge in [0, 0.05) is 26.0 Å². The fourth-order valence-electron chi connectivity index (χ4n) is 2.96. The number of hydrogen-bond acceptors (Lipinski definition) is 5. The summed E-state index contributed by atoms with van der Waals surface area (Å²) in [6.07, 6.45) is 3.87. The Morgan fingerprint density at radius 1 is 1.06 bits per heavy atom. The van der Waals surface area contributed by atoms with E-state index in [1.807, 2.05) is 53.3 Å². The van der Waals surface area contributed by atoms with Gasteiger partial charge in [-0.1, -0.05) is 12.1 Å². The minimum absolute atomic E-state index is 0. The number of halogens is 1. The van der Waals surface area contributed by atoms with E-state index in [1.165, 1.54) is 6.26 Å². The lowest BCUT2D eigenvalue weighted by Crippen LogP contribution is -2.38. The molecule has 1 heterocycles. The zero-order valence-corrected chi connectivity index (χ0v) is 21.4. The lowest BCUT2D eigenvalue weighted by atomic mass is 10.1. The van der Waals surface area contributed by atoms with Crippen LogP contribution < -0.4 is 15.4 Å². The summed E-state index contributed by atoms with van der Waals surface area (Å²) >= 11 is 0. The van der Waals surface area contributed by atoms with E-state index < -0.39 is 9.84 Å². The first-order valence-corrected chi connectivity index (χ1v) is 11.7. The Hall–Kier alpha value is -2.60. The van der Waals surface area contributed by atoms with Crippen molar-refractivity contribution in [2.75, 3.05) is 27.0 Å². The van der Waals surface area contributed by atoms with E-state index >= 15 is 0 Å². The molecule has 32 heavy (non-hydrogen) atoms. The topological polar surface area (TPSA) is 97.6 Å². The maximum atomic E-state index is 11.5. The number of benzene rings is 2. The first-order valence-electron chi connectivity index (χ1n) is 9.81. The number of rotatable bonds is 8. The zero-order chi connectivity index (χ0) is 22.3. The van der Waals surface area contributed by atoms with Crippen LogP contribution in [-0.4, -0.2) is 51.1 Å². The molecule has 8 nitrogen and oxygen atoms in total. The number of nitrogens with zero attached hydrogens (tertiary/aromatic N) is 3. The maximum absolute atomic E-state index is 11.5. The molecule has 0 bridgehead atoms. The average molecular weight is 569 g/mol. The number of sulfone groups is 1. The number of nitrogens with one attached hydrogen (secondary N) is 2. The van der Waals surface area contributed by atoms with Crippen LogP contribution in [-0.2, 0) is 22.8 Å². The second-order valence-electron chi connectivity index (χ2n) is 6.97. The van der Waals surface area contributed by atoms with E-state index in [0.717, 1.165) is 29.1 Å². The normalized spacial score (nSPS) is 11.5. The molecule has 0 saturated carbocycles. The van der Waals surface area contributed by atoms with Gasteiger partial charge >= 0.3 is 0 Å². The Kier molecular flexibility index (Phi) is 9.51. The molecule has 2 N–H and O–H groups in total. The molecular weight excluding hydrogens is 541 g/mol. The van der Waals surface area contributed by atoms with Gasteiger partial charge in [-0.15, -0.1) is 24.0 Å². The summed E-state index contributed by atoms with van der Waals surface area (Å²) < 4.78 is 30.1. The molecule has 0 atom stereocenters. The van der Waals surface area contributed by atoms with Crippen molar-refractivity contribution < 1.29 is 13.2 Å². The van der Waals surface area contributed by atoms with E-state index in [-0.39, 0.29) is 24.0 Å². The van der Waals surface area contributed by atoms with Crippen molar-refractivity contribution in [2.24, 2.45) is 4.99 Å². The van der Waals surface area contributed by atoms with Crippen molar-refractivity contribution >= 4 is 39.8 Å². The summed E-state index contributed by atoms with van der Waals surface area (Å²) in [6.45, 7) is 1.20. The highest BCUT2D eigenvalue weighted by Crippen LogP contribution is 2.14. The van der Waals surface area contributed by atoms with Crippen LogP contribution in [0, 0.1) is 0 Å². The smallest absolute Gasteiger partial charge is 0.191 e. The molecule has 172 valence electrons. The van der Waals surface area contributed by atoms with E-state index in [2.05, 4.69) is 20.7 Å². The van der Waals surface area contributed by atoms with Crippen LogP contribution >= 0.6 is 24.0 Å². The Bertz CT molecular complexity index is 1130. The molecule has 0 radical (unpaired) electrons. The van der Waals surface area contributed by atoms with Gasteiger partial charge in [0.2, 0.25) is 0 Å². The standard InChI is InChI=1S/C22H27N5O3S.HI/c1-23-22(24-14-12-17-4-10-21(11-5-17)31(3,28)29)25-16-18-13-15-27(26-18)19-6-8-20(30-2)9-7-19;/h4-11,13,15H,12,14,16H2,1-3H3,(H2,23,24,25);1H. The van der Waals surface area contributed by atoms with Crippen LogP contribution in [0.4, 0.5) is 0 Å². The van der Waals surface area contributed by atoms with Gasteiger partial charge in [-0.3, -0.25) is 4.99 Å². The number of ether oxygens (including phenoxy) is 1. The largest absolute Gasteiger partial charge is 0.497 e. The minimum atomic E-state index is -3.17. The predicted molar refractivity (Wildman–Crippen MR) is 137 cm³/mol. The van der Waals surface area contributed by atoms with Gasteiger partial charge in [-0.25, -0.2) is 13.1 Å². The Labute approximate surface area is 206 Å². The van der Waals surface area contributed by atoms with Gasteiger partial charge in [-0.05, 0) is 54.4 Å². The van der Waals surface area contributed by atoms with Gasteiger partial charge in [-0.2, -0.15) is 5.10 Å². The first kappa shape index (κ1) is 25.7. The lowest BCUT2D eigenvalue weighted by Gasteiger charge is -2.11. The van der Waals surface area contributed by atoms with Crippen molar-refractivity contribution in [1.29, 1.82) is 0 Å². The highest BCUT2D eigenvalue weighted by molar-refractivity contribution is 14.0. The highest BCUT2D eigenvalue weighted by Gasteiger charge is 2.07. The van der Waals surface area contributed by atoms with E-state index in [4.69, 9.17) is 4.74 Å². The predicted octanol–water partition coefficient (Wildman–Crippen LogP) is 2.81. The fourth-order valence-corrected chi connectivity index (χ4v) is 3.59. The molecule has 3 aromatic rings. The fraction of sp³-hybridized carbons (Fsp3) is 0.273. The summed E-state index contributed by atoms with van der Waals surface area (Å²) in [4.78, 5) is 4.56. The second-order valence-corrected chi connectivity index (χ2v) is 8.98. The number of guanidine groups is 1. The minimum Gasteiger partial charge on any atom is -0.497 e. The summed E-state index contributed by atoms with van der Waals surface area (Å²) in [5.41, 5.74) is 2.89. The number of methoxy groups -OCH3 is 1.